The Morgan fingerprint density at radius 3 is 2.71 bits per heavy atom. The number of rotatable bonds is 5. The molecular weight excluding hydrogens is 264 g/mol. The molecule has 2 atom stereocenters. The van der Waals surface area contributed by atoms with Crippen LogP contribution < -0.4 is 0 Å². The van der Waals surface area contributed by atoms with Crippen LogP contribution in [0, 0.1) is 5.92 Å². The zero-order chi connectivity index (χ0) is 15.2. The van der Waals surface area contributed by atoms with E-state index in [2.05, 4.69) is 11.8 Å². The molecule has 1 saturated heterocycles. The summed E-state index contributed by atoms with van der Waals surface area (Å²) in [6.45, 7) is 7.35. The van der Waals surface area contributed by atoms with Gasteiger partial charge >= 0.3 is 0 Å². The van der Waals surface area contributed by atoms with Crippen LogP contribution in [0.3, 0.4) is 0 Å². The van der Waals surface area contributed by atoms with Crippen LogP contribution in [-0.2, 0) is 11.3 Å². The first-order chi connectivity index (χ1) is 10.1. The summed E-state index contributed by atoms with van der Waals surface area (Å²) < 4.78 is 0. The van der Waals surface area contributed by atoms with Crippen molar-refractivity contribution in [3.8, 4) is 0 Å². The Morgan fingerprint density at radius 2 is 2.10 bits per heavy atom. The molecule has 4 nitrogen and oxygen atoms in total. The Hall–Kier alpha value is -1.39. The molecule has 0 radical (unpaired) electrons. The molecule has 2 rings (SSSR count). The van der Waals surface area contributed by atoms with E-state index in [9.17, 15) is 9.90 Å². The Kier molecular flexibility index (Phi) is 5.76. The molecule has 0 spiro atoms. The predicted molar refractivity (Wildman–Crippen MR) is 83.8 cm³/mol. The lowest BCUT2D eigenvalue weighted by Gasteiger charge is -2.35. The highest BCUT2D eigenvalue weighted by Gasteiger charge is 2.26. The summed E-state index contributed by atoms with van der Waals surface area (Å²) in [5.41, 5.74) is 1.15. The van der Waals surface area contributed by atoms with E-state index in [1.807, 2.05) is 42.2 Å². The van der Waals surface area contributed by atoms with Gasteiger partial charge in [-0.15, -0.1) is 0 Å². The third-order valence-corrected chi connectivity index (χ3v) is 4.31. The lowest BCUT2D eigenvalue weighted by atomic mass is 9.96. The van der Waals surface area contributed by atoms with Crippen molar-refractivity contribution in [2.45, 2.75) is 32.9 Å². The van der Waals surface area contributed by atoms with Crippen LogP contribution >= 0.6 is 0 Å². The van der Waals surface area contributed by atoms with Gasteiger partial charge in [-0.25, -0.2) is 0 Å². The first kappa shape index (κ1) is 16.0. The van der Waals surface area contributed by atoms with Crippen LogP contribution in [0.25, 0.3) is 0 Å². The number of β-amino-alcohol motifs (C(OH)–C–C–N with tert-alkyl or cyclic N) is 1. The van der Waals surface area contributed by atoms with Crippen LogP contribution in [0.15, 0.2) is 30.3 Å². The van der Waals surface area contributed by atoms with Crippen molar-refractivity contribution in [1.29, 1.82) is 0 Å². The summed E-state index contributed by atoms with van der Waals surface area (Å²) in [6.07, 6.45) is 0.648. The van der Waals surface area contributed by atoms with Crippen molar-refractivity contribution in [2.24, 2.45) is 5.92 Å². The first-order valence-electron chi connectivity index (χ1n) is 7.82. The molecule has 0 aromatic heterocycles. The topological polar surface area (TPSA) is 43.8 Å². The molecule has 0 bridgehead atoms. The van der Waals surface area contributed by atoms with E-state index in [0.717, 1.165) is 18.5 Å². The molecule has 1 N–H and O–H groups in total. The Morgan fingerprint density at radius 1 is 1.38 bits per heavy atom. The molecule has 21 heavy (non-hydrogen) atoms. The molecule has 0 aliphatic carbocycles. The second-order valence-corrected chi connectivity index (χ2v) is 5.96. The highest BCUT2D eigenvalue weighted by molar-refractivity contribution is 5.78. The van der Waals surface area contributed by atoms with E-state index >= 15 is 0 Å². The van der Waals surface area contributed by atoms with Crippen LogP contribution in [0.5, 0.6) is 0 Å². The van der Waals surface area contributed by atoms with Crippen molar-refractivity contribution in [3.63, 3.8) is 0 Å². The highest BCUT2D eigenvalue weighted by atomic mass is 16.3. The van der Waals surface area contributed by atoms with Gasteiger partial charge in [-0.3, -0.25) is 9.69 Å². The number of aliphatic hydroxyl groups excluding tert-OH is 1. The molecule has 2 unspecified atom stereocenters. The molecule has 1 aliphatic heterocycles. The SMILES string of the molecule is CCN(Cc1ccccc1)C(=O)CN1CCC(C)C(O)C1. The minimum absolute atomic E-state index is 0.142. The molecule has 116 valence electrons. The largest absolute Gasteiger partial charge is 0.392 e. The minimum Gasteiger partial charge on any atom is -0.392 e. The molecular formula is C17H26N2O2. The minimum atomic E-state index is -0.309. The average Bonchev–Trinajstić information content (AvgIpc) is 2.49. The summed E-state index contributed by atoms with van der Waals surface area (Å²) in [4.78, 5) is 16.4. The molecule has 1 fully saturated rings. The first-order valence-corrected chi connectivity index (χ1v) is 7.82. The Bertz CT molecular complexity index is 449. The van der Waals surface area contributed by atoms with Crippen LogP contribution in [-0.4, -0.2) is 53.1 Å². The maximum atomic E-state index is 12.4. The molecule has 0 saturated carbocycles. The Labute approximate surface area is 127 Å². The fourth-order valence-corrected chi connectivity index (χ4v) is 2.73. The van der Waals surface area contributed by atoms with Gasteiger partial charge in [0.1, 0.15) is 0 Å². The van der Waals surface area contributed by atoms with Crippen LogP contribution in [0.1, 0.15) is 25.8 Å². The number of likely N-dealkylation sites (N-methyl/N-ethyl adjacent to an activating group) is 1. The number of carbonyl (C=O) groups excluding carboxylic acids is 1. The second-order valence-electron chi connectivity index (χ2n) is 5.96. The van der Waals surface area contributed by atoms with Crippen molar-refractivity contribution < 1.29 is 9.90 Å². The van der Waals surface area contributed by atoms with E-state index in [1.165, 1.54) is 0 Å². The van der Waals surface area contributed by atoms with Gasteiger partial charge in [0.25, 0.3) is 0 Å². The van der Waals surface area contributed by atoms with Gasteiger partial charge in [-0.1, -0.05) is 37.3 Å². The van der Waals surface area contributed by atoms with Crippen LogP contribution in [0.4, 0.5) is 0 Å². The molecule has 1 aromatic carbocycles. The number of hydrogen-bond acceptors (Lipinski definition) is 3. The number of nitrogens with zero attached hydrogens (tertiary/aromatic N) is 2. The maximum Gasteiger partial charge on any atom is 0.237 e. The quantitative estimate of drug-likeness (QED) is 0.898. The molecule has 4 heteroatoms. The molecule has 1 aromatic rings. The van der Waals surface area contributed by atoms with Crippen molar-refractivity contribution in [3.05, 3.63) is 35.9 Å². The number of piperidine rings is 1. The normalized spacial score (nSPS) is 23.0. The zero-order valence-electron chi connectivity index (χ0n) is 13.0. The van der Waals surface area contributed by atoms with Gasteiger partial charge in [0.2, 0.25) is 5.91 Å². The number of benzene rings is 1. The molecule has 1 amide bonds. The van der Waals surface area contributed by atoms with Crippen LogP contribution in [0.2, 0.25) is 0 Å². The van der Waals surface area contributed by atoms with E-state index in [1.54, 1.807) is 0 Å². The lowest BCUT2D eigenvalue weighted by molar-refractivity contribution is -0.133. The fraction of sp³-hybridized carbons (Fsp3) is 0.588. The van der Waals surface area contributed by atoms with E-state index in [4.69, 9.17) is 0 Å². The third kappa shape index (κ3) is 4.55. The van der Waals surface area contributed by atoms with Crippen molar-refractivity contribution in [1.82, 2.24) is 9.80 Å². The van der Waals surface area contributed by atoms with Crippen molar-refractivity contribution in [2.75, 3.05) is 26.2 Å². The second kappa shape index (κ2) is 7.57. The van der Waals surface area contributed by atoms with E-state index < -0.39 is 0 Å². The molecule has 1 heterocycles. The number of likely N-dealkylation sites (tertiary alicyclic amines) is 1. The third-order valence-electron chi connectivity index (χ3n) is 4.31. The Balaban J connectivity index is 1.88. The number of amides is 1. The summed E-state index contributed by atoms with van der Waals surface area (Å²) in [5, 5.41) is 9.93. The van der Waals surface area contributed by atoms with Gasteiger partial charge in [0, 0.05) is 19.6 Å². The van der Waals surface area contributed by atoms with E-state index in [-0.39, 0.29) is 12.0 Å². The van der Waals surface area contributed by atoms with Gasteiger partial charge < -0.3 is 10.0 Å². The van der Waals surface area contributed by atoms with Gasteiger partial charge in [-0.05, 0) is 31.4 Å². The maximum absolute atomic E-state index is 12.4. The van der Waals surface area contributed by atoms with Gasteiger partial charge in [0.15, 0.2) is 0 Å². The summed E-state index contributed by atoms with van der Waals surface area (Å²) in [6, 6.07) is 10.1. The summed E-state index contributed by atoms with van der Waals surface area (Å²) >= 11 is 0. The predicted octanol–water partition coefficient (Wildman–Crippen LogP) is 1.74. The summed E-state index contributed by atoms with van der Waals surface area (Å²) in [5.74, 6) is 0.478. The van der Waals surface area contributed by atoms with Gasteiger partial charge in [0.05, 0.1) is 12.6 Å². The summed E-state index contributed by atoms with van der Waals surface area (Å²) in [7, 11) is 0. The van der Waals surface area contributed by atoms with Gasteiger partial charge in [-0.2, -0.15) is 0 Å². The molecule has 1 aliphatic rings. The monoisotopic (exact) mass is 290 g/mol. The smallest absolute Gasteiger partial charge is 0.237 e. The van der Waals surface area contributed by atoms with Crippen molar-refractivity contribution >= 4 is 5.91 Å². The number of hydrogen-bond donors (Lipinski definition) is 1. The van der Waals surface area contributed by atoms with E-state index in [0.29, 0.717) is 32.1 Å². The average molecular weight is 290 g/mol. The fourth-order valence-electron chi connectivity index (χ4n) is 2.73. The highest BCUT2D eigenvalue weighted by Crippen LogP contribution is 2.17. The number of carbonyl (C=O) groups is 1. The zero-order valence-corrected chi connectivity index (χ0v) is 13.0. The standard InChI is InChI=1S/C17H26N2O2/c1-3-19(11-15-7-5-4-6-8-15)17(21)13-18-10-9-14(2)16(20)12-18/h4-8,14,16,20H,3,9-13H2,1-2H3. The lowest BCUT2D eigenvalue weighted by Crippen LogP contribution is -2.47. The number of aliphatic hydroxyl groups is 1.